The second-order valence-electron chi connectivity index (χ2n) is 1.86. The van der Waals surface area contributed by atoms with E-state index in [-0.39, 0.29) is 0 Å². The molecule has 1 fully saturated rings. The SMILES string of the molecule is [C]1CCCCCOO1. The molecule has 0 N–H and O–H groups in total. The largest absolute Gasteiger partial charge is 0.236 e. The molecule has 0 saturated carbocycles. The van der Waals surface area contributed by atoms with Gasteiger partial charge in [0.2, 0.25) is 0 Å². The molecule has 0 amide bonds. The smallest absolute Gasteiger partial charge is 0.173 e. The van der Waals surface area contributed by atoms with Gasteiger partial charge < -0.3 is 0 Å². The molecule has 0 aliphatic carbocycles. The van der Waals surface area contributed by atoms with Crippen molar-refractivity contribution in [2.45, 2.75) is 25.7 Å². The van der Waals surface area contributed by atoms with Crippen LogP contribution in [0.5, 0.6) is 0 Å². The van der Waals surface area contributed by atoms with Crippen LogP contribution in [0.3, 0.4) is 0 Å². The fraction of sp³-hybridized carbons (Fsp3) is 0.833. The van der Waals surface area contributed by atoms with Gasteiger partial charge in [0.25, 0.3) is 0 Å². The molecular weight excluding hydrogens is 104 g/mol. The third kappa shape index (κ3) is 2.28. The summed E-state index contributed by atoms with van der Waals surface area (Å²) in [4.78, 5) is 9.19. The van der Waals surface area contributed by atoms with E-state index in [9.17, 15) is 0 Å². The van der Waals surface area contributed by atoms with E-state index in [1.54, 1.807) is 0 Å². The van der Waals surface area contributed by atoms with Gasteiger partial charge in [-0.05, 0) is 12.8 Å². The number of hydrogen-bond donors (Lipinski definition) is 0. The van der Waals surface area contributed by atoms with E-state index < -0.39 is 0 Å². The molecule has 0 aromatic rings. The van der Waals surface area contributed by atoms with E-state index in [4.69, 9.17) is 0 Å². The van der Waals surface area contributed by atoms with Crippen molar-refractivity contribution in [1.82, 2.24) is 0 Å². The average Bonchev–Trinajstić information content (AvgIpc) is 1.62. The lowest BCUT2D eigenvalue weighted by molar-refractivity contribution is -0.272. The second kappa shape index (κ2) is 3.87. The van der Waals surface area contributed by atoms with Crippen LogP contribution in [0.1, 0.15) is 25.7 Å². The first-order valence-electron chi connectivity index (χ1n) is 3.01. The van der Waals surface area contributed by atoms with Crippen LogP contribution in [-0.2, 0) is 9.78 Å². The van der Waals surface area contributed by atoms with E-state index in [1.807, 2.05) is 0 Å². The maximum atomic E-state index is 4.66. The third-order valence-corrected chi connectivity index (χ3v) is 1.12. The van der Waals surface area contributed by atoms with Crippen molar-refractivity contribution in [2.75, 3.05) is 6.61 Å². The molecule has 0 aromatic carbocycles. The Morgan fingerprint density at radius 1 is 1.12 bits per heavy atom. The lowest BCUT2D eigenvalue weighted by Crippen LogP contribution is -1.98. The molecule has 0 bridgehead atoms. The van der Waals surface area contributed by atoms with E-state index in [2.05, 4.69) is 16.4 Å². The Morgan fingerprint density at radius 3 is 3.12 bits per heavy atom. The summed E-state index contributed by atoms with van der Waals surface area (Å²) in [7, 11) is 0. The molecule has 2 heteroatoms. The van der Waals surface area contributed by atoms with Gasteiger partial charge in [-0.1, -0.05) is 12.8 Å². The Bertz CT molecular complexity index is 30.5. The van der Waals surface area contributed by atoms with Gasteiger partial charge in [0.15, 0.2) is 6.61 Å². The van der Waals surface area contributed by atoms with Gasteiger partial charge in [-0.2, -0.15) is 0 Å². The van der Waals surface area contributed by atoms with Crippen LogP contribution in [0.15, 0.2) is 0 Å². The molecule has 2 radical (unpaired) electrons. The highest BCUT2D eigenvalue weighted by Crippen LogP contribution is 2.06. The molecule has 0 unspecified atom stereocenters. The van der Waals surface area contributed by atoms with Crippen molar-refractivity contribution in [1.29, 1.82) is 0 Å². The number of hydrogen-bond acceptors (Lipinski definition) is 2. The Kier molecular flexibility index (Phi) is 2.92. The normalized spacial score (nSPS) is 24.0. The van der Waals surface area contributed by atoms with Crippen LogP contribution < -0.4 is 0 Å². The summed E-state index contributed by atoms with van der Waals surface area (Å²) in [6.07, 6.45) is 4.43. The standard InChI is InChI=1S/C6H10O2/c1-2-4-6-8-7-5-3-1/h1-5H2. The van der Waals surface area contributed by atoms with Crippen LogP contribution in [0, 0.1) is 6.61 Å². The lowest BCUT2D eigenvalue weighted by Gasteiger charge is -2.05. The zero-order chi connectivity index (χ0) is 5.66. The molecule has 2 nitrogen and oxygen atoms in total. The monoisotopic (exact) mass is 114 g/mol. The van der Waals surface area contributed by atoms with Gasteiger partial charge in [-0.15, -0.1) is 0 Å². The minimum Gasteiger partial charge on any atom is -0.236 e. The zero-order valence-electron chi connectivity index (χ0n) is 4.85. The molecule has 1 rings (SSSR count). The van der Waals surface area contributed by atoms with Gasteiger partial charge in [-0.25, -0.2) is 9.78 Å². The summed E-state index contributed by atoms with van der Waals surface area (Å²) < 4.78 is 0. The fourth-order valence-corrected chi connectivity index (χ4v) is 0.660. The van der Waals surface area contributed by atoms with Gasteiger partial charge >= 0.3 is 0 Å². The quantitative estimate of drug-likeness (QED) is 0.445. The molecule has 1 aliphatic rings. The summed E-state index contributed by atoms with van der Waals surface area (Å²) in [5.41, 5.74) is 0. The van der Waals surface area contributed by atoms with Crippen molar-refractivity contribution in [3.8, 4) is 0 Å². The molecule has 46 valence electrons. The minimum absolute atomic E-state index is 0.715. The third-order valence-electron chi connectivity index (χ3n) is 1.12. The second-order valence-corrected chi connectivity index (χ2v) is 1.86. The first-order chi connectivity index (χ1) is 4.00. The molecule has 1 aliphatic heterocycles. The molecule has 1 heterocycles. The summed E-state index contributed by atoms with van der Waals surface area (Å²) in [5.74, 6) is 0. The molecule has 1 saturated heterocycles. The Labute approximate surface area is 49.7 Å². The van der Waals surface area contributed by atoms with Crippen LogP contribution >= 0.6 is 0 Å². The fourth-order valence-electron chi connectivity index (χ4n) is 0.660. The topological polar surface area (TPSA) is 18.5 Å². The van der Waals surface area contributed by atoms with Gasteiger partial charge in [0.05, 0.1) is 6.61 Å². The van der Waals surface area contributed by atoms with Crippen LogP contribution in [0.2, 0.25) is 0 Å². The van der Waals surface area contributed by atoms with Gasteiger partial charge in [-0.3, -0.25) is 0 Å². The van der Waals surface area contributed by atoms with E-state index in [0.717, 1.165) is 12.8 Å². The summed E-state index contributed by atoms with van der Waals surface area (Å²) in [5, 5.41) is 0. The van der Waals surface area contributed by atoms with Crippen molar-refractivity contribution in [3.63, 3.8) is 0 Å². The highest BCUT2D eigenvalue weighted by atomic mass is 17.2. The van der Waals surface area contributed by atoms with Crippen molar-refractivity contribution < 1.29 is 9.78 Å². The first kappa shape index (κ1) is 6.05. The maximum absolute atomic E-state index is 4.66. The highest BCUT2D eigenvalue weighted by Gasteiger charge is 1.97. The molecular formula is C6H10O2. The molecule has 0 spiro atoms. The van der Waals surface area contributed by atoms with Gasteiger partial charge in [0, 0.05) is 0 Å². The van der Waals surface area contributed by atoms with Crippen molar-refractivity contribution >= 4 is 0 Å². The predicted octanol–water partition coefficient (Wildman–Crippen LogP) is 1.55. The predicted molar refractivity (Wildman–Crippen MR) is 28.7 cm³/mol. The van der Waals surface area contributed by atoms with Crippen molar-refractivity contribution in [2.24, 2.45) is 0 Å². The minimum atomic E-state index is 0.715. The zero-order valence-corrected chi connectivity index (χ0v) is 4.85. The Morgan fingerprint density at radius 2 is 2.12 bits per heavy atom. The summed E-state index contributed by atoms with van der Waals surface area (Å²) >= 11 is 0. The molecule has 0 aromatic heterocycles. The maximum Gasteiger partial charge on any atom is 0.173 e. The van der Waals surface area contributed by atoms with Crippen LogP contribution in [0.4, 0.5) is 0 Å². The Hall–Kier alpha value is -0.0800. The molecule has 8 heavy (non-hydrogen) atoms. The molecule has 0 atom stereocenters. The van der Waals surface area contributed by atoms with Crippen LogP contribution in [-0.4, -0.2) is 6.61 Å². The van der Waals surface area contributed by atoms with Crippen LogP contribution in [0.25, 0.3) is 0 Å². The highest BCUT2D eigenvalue weighted by molar-refractivity contribution is 4.51. The Balaban J connectivity index is 2.00. The summed E-state index contributed by atoms with van der Waals surface area (Å²) in [6, 6.07) is 0. The van der Waals surface area contributed by atoms with Crippen molar-refractivity contribution in [3.05, 3.63) is 6.61 Å². The average molecular weight is 114 g/mol. The van der Waals surface area contributed by atoms with E-state index in [0.29, 0.717) is 6.61 Å². The summed E-state index contributed by atoms with van der Waals surface area (Å²) in [6.45, 7) is 3.38. The van der Waals surface area contributed by atoms with E-state index in [1.165, 1.54) is 12.8 Å². The first-order valence-corrected chi connectivity index (χ1v) is 3.01. The lowest BCUT2D eigenvalue weighted by atomic mass is 10.2. The number of rotatable bonds is 0. The van der Waals surface area contributed by atoms with Gasteiger partial charge in [0.1, 0.15) is 0 Å². The van der Waals surface area contributed by atoms with E-state index >= 15 is 0 Å².